The molecule has 1 aromatic rings. The van der Waals surface area contributed by atoms with Crippen LogP contribution in [0.25, 0.3) is 0 Å². The van der Waals surface area contributed by atoms with Gasteiger partial charge in [-0.25, -0.2) is 17.8 Å². The summed E-state index contributed by atoms with van der Waals surface area (Å²) >= 11 is 0. The second kappa shape index (κ2) is 5.48. The first kappa shape index (κ1) is 15.9. The minimum Gasteiger partial charge on any atom is -0.254 e. The molecule has 106 valence electrons. The molecule has 0 aliphatic carbocycles. The van der Waals surface area contributed by atoms with Crippen LogP contribution in [0.4, 0.5) is 0 Å². The predicted molar refractivity (Wildman–Crippen MR) is 75.7 cm³/mol. The fourth-order valence-corrected chi connectivity index (χ4v) is 2.14. The second-order valence-corrected chi connectivity index (χ2v) is 8.43. The van der Waals surface area contributed by atoms with Gasteiger partial charge < -0.3 is 0 Å². The fraction of sp³-hybridized carbons (Fsp3) is 0.455. The van der Waals surface area contributed by atoms with Crippen molar-refractivity contribution in [2.45, 2.75) is 37.3 Å². The summed E-state index contributed by atoms with van der Waals surface area (Å²) in [6.07, 6.45) is 1.16. The van der Waals surface area contributed by atoms with Gasteiger partial charge in [0.15, 0.2) is 0 Å². The fourth-order valence-electron chi connectivity index (χ4n) is 1.07. The summed E-state index contributed by atoms with van der Waals surface area (Å²) in [7, 11) is -5.14. The van der Waals surface area contributed by atoms with Crippen LogP contribution in [0.15, 0.2) is 27.6 Å². The third-order valence-electron chi connectivity index (χ3n) is 2.18. The number of nitrogens with zero attached hydrogens (tertiary/aromatic N) is 2. The maximum absolute atomic E-state index is 11.9. The lowest BCUT2D eigenvalue weighted by atomic mass is 10.3. The van der Waals surface area contributed by atoms with Crippen molar-refractivity contribution in [2.24, 2.45) is 9.54 Å². The summed E-state index contributed by atoms with van der Waals surface area (Å²) in [4.78, 5) is 3.89. The Bertz CT molecular complexity index is 614. The number of pyridine rings is 1. The zero-order valence-corrected chi connectivity index (χ0v) is 12.9. The van der Waals surface area contributed by atoms with Gasteiger partial charge in [-0.2, -0.15) is 4.40 Å². The molecule has 0 aromatic carbocycles. The maximum Gasteiger partial charge on any atom is 0.239 e. The van der Waals surface area contributed by atoms with Crippen molar-refractivity contribution >= 4 is 26.7 Å². The number of nitrogens with two attached hydrogens (primary N) is 1. The Morgan fingerprint density at radius 1 is 1.37 bits per heavy atom. The van der Waals surface area contributed by atoms with Crippen molar-refractivity contribution in [1.82, 2.24) is 4.98 Å². The highest BCUT2D eigenvalue weighted by atomic mass is 32.2. The minimum atomic E-state index is -3.75. The highest BCUT2D eigenvalue weighted by Crippen LogP contribution is 2.14. The lowest BCUT2D eigenvalue weighted by Crippen LogP contribution is -2.21. The molecule has 0 saturated heterocycles. The number of sulfonamides is 1. The van der Waals surface area contributed by atoms with Crippen LogP contribution in [0, 0.1) is 0 Å². The van der Waals surface area contributed by atoms with Crippen LogP contribution in [0.5, 0.6) is 0 Å². The van der Waals surface area contributed by atoms with E-state index in [4.69, 9.17) is 5.14 Å². The van der Waals surface area contributed by atoms with E-state index in [2.05, 4.69) is 9.38 Å². The van der Waals surface area contributed by atoms with Crippen LogP contribution >= 0.6 is 0 Å². The summed E-state index contributed by atoms with van der Waals surface area (Å²) in [5.41, 5.74) is 0.944. The highest BCUT2D eigenvalue weighted by Gasteiger charge is 2.19. The van der Waals surface area contributed by atoms with Gasteiger partial charge in [-0.15, -0.1) is 0 Å². The molecule has 6 nitrogen and oxygen atoms in total. The molecular weight excluding hydrogens is 286 g/mol. The van der Waals surface area contributed by atoms with Gasteiger partial charge >= 0.3 is 0 Å². The SMILES string of the molecule is C/C(=N\S(=O)C(C)(C)C)c1ccc(S(N)(=O)=O)cn1. The van der Waals surface area contributed by atoms with E-state index in [-0.39, 0.29) is 4.90 Å². The molecule has 0 spiro atoms. The Hall–Kier alpha value is -1.12. The Labute approximate surface area is 115 Å². The lowest BCUT2D eigenvalue weighted by molar-refractivity contribution is 0.597. The van der Waals surface area contributed by atoms with E-state index in [1.807, 2.05) is 20.8 Å². The van der Waals surface area contributed by atoms with Crippen LogP contribution in [0.2, 0.25) is 0 Å². The second-order valence-electron chi connectivity index (χ2n) is 4.96. The molecule has 1 rings (SSSR count). The quantitative estimate of drug-likeness (QED) is 0.841. The minimum absolute atomic E-state index is 0.0685. The molecule has 1 heterocycles. The molecule has 0 fully saturated rings. The smallest absolute Gasteiger partial charge is 0.239 e. The number of rotatable bonds is 3. The van der Waals surface area contributed by atoms with Gasteiger partial charge in [0, 0.05) is 6.20 Å². The van der Waals surface area contributed by atoms with E-state index in [0.717, 1.165) is 6.20 Å². The van der Waals surface area contributed by atoms with Crippen molar-refractivity contribution in [3.63, 3.8) is 0 Å². The van der Waals surface area contributed by atoms with E-state index in [1.165, 1.54) is 12.1 Å². The molecule has 19 heavy (non-hydrogen) atoms. The van der Waals surface area contributed by atoms with E-state index < -0.39 is 25.8 Å². The number of hydrogen-bond donors (Lipinski definition) is 1. The van der Waals surface area contributed by atoms with Gasteiger partial charge in [0.1, 0.15) is 15.9 Å². The summed E-state index contributed by atoms with van der Waals surface area (Å²) < 4.78 is 37.6. The number of aromatic nitrogens is 1. The first-order valence-corrected chi connectivity index (χ1v) is 8.13. The summed E-state index contributed by atoms with van der Waals surface area (Å²) in [5, 5.41) is 4.97. The number of hydrogen-bond acceptors (Lipinski definition) is 4. The largest absolute Gasteiger partial charge is 0.254 e. The van der Waals surface area contributed by atoms with Gasteiger partial charge in [0.25, 0.3) is 0 Å². The Kier molecular flexibility index (Phi) is 4.59. The van der Waals surface area contributed by atoms with Crippen molar-refractivity contribution in [1.29, 1.82) is 0 Å². The molecule has 0 radical (unpaired) electrons. The average molecular weight is 303 g/mol. The molecule has 0 aliphatic heterocycles. The highest BCUT2D eigenvalue weighted by molar-refractivity contribution is 7.89. The first-order valence-electron chi connectivity index (χ1n) is 5.48. The van der Waals surface area contributed by atoms with Gasteiger partial charge in [-0.3, -0.25) is 4.98 Å². The molecule has 2 N–H and O–H groups in total. The van der Waals surface area contributed by atoms with E-state index >= 15 is 0 Å². The van der Waals surface area contributed by atoms with Crippen LogP contribution < -0.4 is 5.14 Å². The Balaban J connectivity index is 3.06. The standard InChI is InChI=1S/C11H17N3O3S2/c1-8(14-18(15)11(2,3)4)10-6-5-9(7-13-10)19(12,16)17/h5-7H,1-4H3,(H2,12,16,17)/b14-8+. The Morgan fingerprint density at radius 2 is 1.95 bits per heavy atom. The monoisotopic (exact) mass is 303 g/mol. The zero-order chi connectivity index (χ0) is 14.8. The van der Waals surface area contributed by atoms with Gasteiger partial charge in [0.05, 0.1) is 16.2 Å². The third-order valence-corrected chi connectivity index (χ3v) is 4.57. The van der Waals surface area contributed by atoms with Crippen LogP contribution in [-0.2, 0) is 21.0 Å². The zero-order valence-electron chi connectivity index (χ0n) is 11.2. The van der Waals surface area contributed by atoms with Crippen LogP contribution in [-0.4, -0.2) is 28.1 Å². The summed E-state index contributed by atoms with van der Waals surface area (Å²) in [6.45, 7) is 7.12. The normalized spacial score (nSPS) is 15.3. The summed E-state index contributed by atoms with van der Waals surface area (Å²) in [5.74, 6) is 0. The van der Waals surface area contributed by atoms with E-state index in [1.54, 1.807) is 6.92 Å². The van der Waals surface area contributed by atoms with Crippen LogP contribution in [0.1, 0.15) is 33.4 Å². The molecule has 1 aromatic heterocycles. The molecule has 1 atom stereocenters. The lowest BCUT2D eigenvalue weighted by Gasteiger charge is -2.13. The van der Waals surface area contributed by atoms with E-state index in [9.17, 15) is 12.6 Å². The van der Waals surface area contributed by atoms with E-state index in [0.29, 0.717) is 11.4 Å². The van der Waals surface area contributed by atoms with Crippen molar-refractivity contribution in [2.75, 3.05) is 0 Å². The van der Waals surface area contributed by atoms with Gasteiger partial charge in [-0.05, 0) is 39.8 Å². The molecule has 8 heteroatoms. The average Bonchev–Trinajstić information content (AvgIpc) is 2.26. The van der Waals surface area contributed by atoms with Crippen molar-refractivity contribution < 1.29 is 12.6 Å². The topological polar surface area (TPSA) is 102 Å². The maximum atomic E-state index is 11.9. The summed E-state index contributed by atoms with van der Waals surface area (Å²) in [6, 6.07) is 2.83. The van der Waals surface area contributed by atoms with Crippen molar-refractivity contribution in [3.8, 4) is 0 Å². The molecule has 0 amide bonds. The number of primary sulfonamides is 1. The molecule has 0 bridgehead atoms. The third kappa shape index (κ3) is 4.48. The van der Waals surface area contributed by atoms with Gasteiger partial charge in [-0.1, -0.05) is 0 Å². The van der Waals surface area contributed by atoms with Crippen molar-refractivity contribution in [3.05, 3.63) is 24.0 Å². The molecular formula is C11H17N3O3S2. The molecule has 0 aliphatic rings. The van der Waals surface area contributed by atoms with Crippen LogP contribution in [0.3, 0.4) is 0 Å². The first-order chi connectivity index (χ1) is 8.51. The molecule has 1 unspecified atom stereocenters. The Morgan fingerprint density at radius 3 is 2.32 bits per heavy atom. The molecule has 0 saturated carbocycles. The predicted octanol–water partition coefficient (Wildman–Crippen LogP) is 1.00. The van der Waals surface area contributed by atoms with Gasteiger partial charge in [0.2, 0.25) is 10.0 Å².